The molecule has 4 saturated carbocycles. The minimum atomic E-state index is 0.576. The molecular formula is C23H26N2S. The Bertz CT molecular complexity index is 773. The van der Waals surface area contributed by atoms with E-state index >= 15 is 0 Å². The van der Waals surface area contributed by atoms with E-state index in [0.29, 0.717) is 6.04 Å². The molecule has 0 atom stereocenters. The Morgan fingerprint density at radius 3 is 2.08 bits per heavy atom. The van der Waals surface area contributed by atoms with E-state index in [9.17, 15) is 0 Å². The highest BCUT2D eigenvalue weighted by atomic mass is 32.1. The van der Waals surface area contributed by atoms with Gasteiger partial charge >= 0.3 is 0 Å². The van der Waals surface area contributed by atoms with Crippen molar-refractivity contribution in [3.05, 3.63) is 54.6 Å². The van der Waals surface area contributed by atoms with Crippen molar-refractivity contribution in [1.29, 1.82) is 0 Å². The number of thiocarbonyl (C=S) groups is 1. The van der Waals surface area contributed by atoms with Gasteiger partial charge in [-0.25, -0.2) is 0 Å². The number of nitrogens with one attached hydrogen (secondary N) is 2. The lowest BCUT2D eigenvalue weighted by Crippen LogP contribution is -2.56. The molecule has 4 fully saturated rings. The summed E-state index contributed by atoms with van der Waals surface area (Å²) in [6, 6.07) is 19.5. The van der Waals surface area contributed by atoms with Gasteiger partial charge in [0, 0.05) is 17.3 Å². The van der Waals surface area contributed by atoms with Crippen LogP contribution in [0.3, 0.4) is 0 Å². The summed E-state index contributed by atoms with van der Waals surface area (Å²) < 4.78 is 0. The van der Waals surface area contributed by atoms with E-state index in [4.69, 9.17) is 12.2 Å². The molecule has 0 heterocycles. The fraction of sp³-hybridized carbons (Fsp3) is 0.435. The maximum atomic E-state index is 5.72. The van der Waals surface area contributed by atoms with Crippen molar-refractivity contribution < 1.29 is 0 Å². The van der Waals surface area contributed by atoms with Gasteiger partial charge in [-0.3, -0.25) is 0 Å². The molecule has 6 rings (SSSR count). The topological polar surface area (TPSA) is 24.1 Å². The van der Waals surface area contributed by atoms with Crippen molar-refractivity contribution >= 4 is 23.0 Å². The van der Waals surface area contributed by atoms with E-state index < -0.39 is 0 Å². The van der Waals surface area contributed by atoms with Crippen LogP contribution in [0.5, 0.6) is 0 Å². The predicted molar refractivity (Wildman–Crippen MR) is 112 cm³/mol. The number of hydrogen-bond acceptors (Lipinski definition) is 1. The van der Waals surface area contributed by atoms with Crippen LogP contribution in [0, 0.1) is 23.7 Å². The molecule has 0 radical (unpaired) electrons. The number of para-hydroxylation sites is 1. The number of anilines is 1. The highest BCUT2D eigenvalue weighted by Gasteiger charge is 2.48. The summed E-state index contributed by atoms with van der Waals surface area (Å²) in [6.45, 7) is 0. The van der Waals surface area contributed by atoms with Gasteiger partial charge in [-0.1, -0.05) is 48.5 Å². The van der Waals surface area contributed by atoms with Gasteiger partial charge in [0.15, 0.2) is 5.11 Å². The average Bonchev–Trinajstić information content (AvgIpc) is 2.65. The normalized spacial score (nSPS) is 31.6. The van der Waals surface area contributed by atoms with Crippen molar-refractivity contribution in [2.45, 2.75) is 38.1 Å². The Hall–Kier alpha value is -1.87. The molecule has 134 valence electrons. The van der Waals surface area contributed by atoms with E-state index in [1.165, 1.54) is 43.2 Å². The smallest absolute Gasteiger partial charge is 0.171 e. The molecule has 26 heavy (non-hydrogen) atoms. The first-order valence-electron chi connectivity index (χ1n) is 9.98. The SMILES string of the molecule is S=C(Nc1ccccc1-c1ccccc1)NC1C2CC3CC(C2)CC1C3. The third kappa shape index (κ3) is 3.03. The van der Waals surface area contributed by atoms with Crippen LogP contribution in [0.2, 0.25) is 0 Å². The third-order valence-corrected chi connectivity index (χ3v) is 7.00. The first-order valence-corrected chi connectivity index (χ1v) is 10.4. The first-order chi connectivity index (χ1) is 12.8. The second kappa shape index (κ2) is 6.70. The van der Waals surface area contributed by atoms with Crippen LogP contribution in [0.1, 0.15) is 32.1 Å². The summed E-state index contributed by atoms with van der Waals surface area (Å²) in [6.07, 6.45) is 7.14. The van der Waals surface area contributed by atoms with Gasteiger partial charge < -0.3 is 10.6 Å². The zero-order chi connectivity index (χ0) is 17.5. The van der Waals surface area contributed by atoms with E-state index in [-0.39, 0.29) is 0 Å². The molecule has 2 aromatic carbocycles. The average molecular weight is 363 g/mol. The van der Waals surface area contributed by atoms with Crippen molar-refractivity contribution in [2.75, 3.05) is 5.32 Å². The highest BCUT2D eigenvalue weighted by molar-refractivity contribution is 7.80. The van der Waals surface area contributed by atoms with E-state index in [1.807, 2.05) is 0 Å². The predicted octanol–water partition coefficient (Wildman–Crippen LogP) is 5.46. The third-order valence-electron chi connectivity index (χ3n) is 6.78. The van der Waals surface area contributed by atoms with Gasteiger partial charge in [0.1, 0.15) is 0 Å². The van der Waals surface area contributed by atoms with Crippen LogP contribution < -0.4 is 10.6 Å². The fourth-order valence-corrected chi connectivity index (χ4v) is 6.18. The van der Waals surface area contributed by atoms with Gasteiger partial charge in [0.05, 0.1) is 0 Å². The quantitative estimate of drug-likeness (QED) is 0.709. The zero-order valence-electron chi connectivity index (χ0n) is 15.0. The van der Waals surface area contributed by atoms with Gasteiger partial charge in [-0.2, -0.15) is 0 Å². The number of benzene rings is 2. The van der Waals surface area contributed by atoms with Crippen molar-refractivity contribution in [1.82, 2.24) is 5.32 Å². The Morgan fingerprint density at radius 2 is 1.38 bits per heavy atom. The maximum Gasteiger partial charge on any atom is 0.171 e. The molecule has 2 aromatic rings. The standard InChI is InChI=1S/C23H26N2S/c26-23(25-22-18-11-15-10-16(13-18)14-19(22)12-15)24-21-9-5-4-8-20(21)17-6-2-1-3-7-17/h1-9,15-16,18-19,22H,10-14H2,(H2,24,25,26). The van der Waals surface area contributed by atoms with E-state index in [2.05, 4.69) is 65.2 Å². The Kier molecular flexibility index (Phi) is 4.20. The molecule has 0 aromatic heterocycles. The van der Waals surface area contributed by atoms with Crippen molar-refractivity contribution in [3.63, 3.8) is 0 Å². The molecule has 4 aliphatic rings. The molecule has 0 aliphatic heterocycles. The zero-order valence-corrected chi connectivity index (χ0v) is 15.8. The second-order valence-electron chi connectivity index (χ2n) is 8.47. The summed E-state index contributed by atoms with van der Waals surface area (Å²) in [7, 11) is 0. The van der Waals surface area contributed by atoms with E-state index in [0.717, 1.165) is 34.5 Å². The minimum Gasteiger partial charge on any atom is -0.359 e. The molecule has 4 aliphatic carbocycles. The molecule has 0 unspecified atom stereocenters. The van der Waals surface area contributed by atoms with Crippen LogP contribution in [-0.2, 0) is 0 Å². The Balaban J connectivity index is 1.31. The van der Waals surface area contributed by atoms with Gasteiger partial charge in [0.2, 0.25) is 0 Å². The van der Waals surface area contributed by atoms with Crippen LogP contribution in [0.4, 0.5) is 5.69 Å². The summed E-state index contributed by atoms with van der Waals surface area (Å²) in [4.78, 5) is 0. The largest absolute Gasteiger partial charge is 0.359 e. The summed E-state index contributed by atoms with van der Waals surface area (Å²) in [5.74, 6) is 3.65. The van der Waals surface area contributed by atoms with Crippen molar-refractivity contribution in [3.8, 4) is 11.1 Å². The molecule has 4 bridgehead atoms. The summed E-state index contributed by atoms with van der Waals surface area (Å²) in [5, 5.41) is 7.98. The first kappa shape index (κ1) is 16.3. The molecular weight excluding hydrogens is 336 g/mol. The molecule has 3 heteroatoms. The lowest BCUT2D eigenvalue weighted by molar-refractivity contribution is -0.00665. The molecule has 0 saturated heterocycles. The fourth-order valence-electron chi connectivity index (χ4n) is 5.93. The monoisotopic (exact) mass is 362 g/mol. The van der Waals surface area contributed by atoms with Gasteiger partial charge in [-0.05, 0) is 79.6 Å². The van der Waals surface area contributed by atoms with E-state index in [1.54, 1.807) is 0 Å². The van der Waals surface area contributed by atoms with Crippen LogP contribution in [0.15, 0.2) is 54.6 Å². The maximum absolute atomic E-state index is 5.72. The second-order valence-corrected chi connectivity index (χ2v) is 8.87. The van der Waals surface area contributed by atoms with Crippen LogP contribution >= 0.6 is 12.2 Å². The lowest BCUT2D eigenvalue weighted by atomic mass is 9.54. The number of hydrogen-bond donors (Lipinski definition) is 2. The number of rotatable bonds is 3. The lowest BCUT2D eigenvalue weighted by Gasteiger charge is -2.54. The van der Waals surface area contributed by atoms with Crippen LogP contribution in [-0.4, -0.2) is 11.2 Å². The molecule has 2 N–H and O–H groups in total. The Morgan fingerprint density at radius 1 is 0.769 bits per heavy atom. The van der Waals surface area contributed by atoms with Crippen LogP contribution in [0.25, 0.3) is 11.1 Å². The van der Waals surface area contributed by atoms with Gasteiger partial charge in [-0.15, -0.1) is 0 Å². The molecule has 0 amide bonds. The summed E-state index contributed by atoms with van der Waals surface area (Å²) >= 11 is 5.72. The van der Waals surface area contributed by atoms with Gasteiger partial charge in [0.25, 0.3) is 0 Å². The molecule has 2 nitrogen and oxygen atoms in total. The minimum absolute atomic E-state index is 0.576. The highest BCUT2D eigenvalue weighted by Crippen LogP contribution is 2.53. The summed E-state index contributed by atoms with van der Waals surface area (Å²) in [5.41, 5.74) is 3.50. The Labute approximate surface area is 161 Å². The molecule has 0 spiro atoms. The van der Waals surface area contributed by atoms with Crippen molar-refractivity contribution in [2.24, 2.45) is 23.7 Å².